The number of nitrogens with two attached hydrogens (primary N) is 1. The smallest absolute Gasteiger partial charge is 0.122 e. The number of hydrogen-bond acceptors (Lipinski definition) is 3. The highest BCUT2D eigenvalue weighted by Crippen LogP contribution is 2.38. The minimum atomic E-state index is 0.236. The Morgan fingerprint density at radius 2 is 1.64 bits per heavy atom. The fraction of sp³-hybridized carbons (Fsp3) is 0.280. The highest BCUT2D eigenvalue weighted by atomic mass is 16.5. The van der Waals surface area contributed by atoms with Gasteiger partial charge in [-0.15, -0.1) is 0 Å². The first-order valence-corrected chi connectivity index (χ1v) is 10.0. The number of nitrogens with zero attached hydrogens (tertiary/aromatic N) is 1. The van der Waals surface area contributed by atoms with E-state index >= 15 is 0 Å². The molecule has 0 aromatic heterocycles. The number of hydrogen-bond donors (Lipinski definition) is 1. The van der Waals surface area contributed by atoms with Crippen molar-refractivity contribution in [3.05, 3.63) is 90.0 Å². The van der Waals surface area contributed by atoms with Crippen molar-refractivity contribution in [3.8, 4) is 16.9 Å². The second-order valence-corrected chi connectivity index (χ2v) is 7.59. The molecule has 3 heteroatoms. The molecule has 2 N–H and O–H groups in total. The van der Waals surface area contributed by atoms with Gasteiger partial charge in [0, 0.05) is 6.54 Å². The van der Waals surface area contributed by atoms with Crippen LogP contribution in [-0.2, 0) is 6.42 Å². The maximum Gasteiger partial charge on any atom is 0.122 e. The van der Waals surface area contributed by atoms with Gasteiger partial charge in [0.05, 0.1) is 13.2 Å². The average Bonchev–Trinajstić information content (AvgIpc) is 2.75. The summed E-state index contributed by atoms with van der Waals surface area (Å²) in [5, 5.41) is 2.02. The summed E-state index contributed by atoms with van der Waals surface area (Å²) < 4.78 is 5.70. The Bertz CT molecular complexity index is 895. The summed E-state index contributed by atoms with van der Waals surface area (Å²) in [6, 6.07) is 27.9. The normalized spacial score (nSPS) is 20.1. The lowest BCUT2D eigenvalue weighted by molar-refractivity contribution is 0.0923. The molecule has 0 saturated carbocycles. The summed E-state index contributed by atoms with van der Waals surface area (Å²) >= 11 is 0. The largest absolute Gasteiger partial charge is 0.496 e. The average molecular weight is 373 g/mol. The van der Waals surface area contributed by atoms with Gasteiger partial charge in [-0.2, -0.15) is 0 Å². The van der Waals surface area contributed by atoms with Crippen LogP contribution in [0.5, 0.6) is 5.75 Å². The fourth-order valence-electron chi connectivity index (χ4n) is 4.46. The van der Waals surface area contributed by atoms with E-state index in [0.717, 1.165) is 25.1 Å². The van der Waals surface area contributed by atoms with Gasteiger partial charge in [0.2, 0.25) is 0 Å². The van der Waals surface area contributed by atoms with Crippen molar-refractivity contribution in [2.75, 3.05) is 13.7 Å². The molecule has 0 amide bonds. The molecule has 2 atom stereocenters. The summed E-state index contributed by atoms with van der Waals surface area (Å²) in [6.45, 7) is 0.942. The van der Waals surface area contributed by atoms with Gasteiger partial charge in [0.15, 0.2) is 0 Å². The van der Waals surface area contributed by atoms with Crippen molar-refractivity contribution >= 4 is 0 Å². The molecule has 3 aromatic carbocycles. The van der Waals surface area contributed by atoms with Crippen molar-refractivity contribution in [1.82, 2.24) is 5.01 Å². The monoisotopic (exact) mass is 372 g/mol. The molecule has 28 heavy (non-hydrogen) atoms. The molecule has 1 heterocycles. The molecule has 3 nitrogen and oxygen atoms in total. The minimum Gasteiger partial charge on any atom is -0.496 e. The summed E-state index contributed by atoms with van der Waals surface area (Å²) in [5.41, 5.74) is 5.01. The van der Waals surface area contributed by atoms with E-state index in [4.69, 9.17) is 10.6 Å². The maximum atomic E-state index is 6.45. The third-order valence-electron chi connectivity index (χ3n) is 5.81. The number of piperidine rings is 1. The quantitative estimate of drug-likeness (QED) is 0.623. The lowest BCUT2D eigenvalue weighted by Crippen LogP contribution is -2.44. The van der Waals surface area contributed by atoms with E-state index in [1.807, 2.05) is 5.01 Å². The van der Waals surface area contributed by atoms with E-state index in [1.165, 1.54) is 28.7 Å². The second-order valence-electron chi connectivity index (χ2n) is 7.59. The van der Waals surface area contributed by atoms with E-state index in [1.54, 1.807) is 7.11 Å². The Morgan fingerprint density at radius 1 is 0.929 bits per heavy atom. The number of hydrazine groups is 1. The number of ether oxygens (including phenoxy) is 1. The molecule has 1 aliphatic rings. The summed E-state index contributed by atoms with van der Waals surface area (Å²) in [6.07, 6.45) is 3.26. The molecule has 4 rings (SSSR count). The molecule has 3 aromatic rings. The molecule has 0 aliphatic carbocycles. The predicted octanol–water partition coefficient (Wildman–Crippen LogP) is 5.23. The molecule has 1 aliphatic heterocycles. The molecule has 1 saturated heterocycles. The zero-order valence-electron chi connectivity index (χ0n) is 16.4. The standard InChI is InChI=1S/C25H28N2O/c1-28-24-15-14-21(19-9-4-2-5-10-19)17-23(24)18-22-13-8-16-27(26)25(22)20-11-6-3-7-12-20/h2-7,9-12,14-15,17,22,25H,8,13,16,18,26H2,1H3/t22-,25+/m0/s1. The topological polar surface area (TPSA) is 38.5 Å². The Morgan fingerprint density at radius 3 is 2.36 bits per heavy atom. The van der Waals surface area contributed by atoms with Gasteiger partial charge in [0.1, 0.15) is 5.75 Å². The Balaban J connectivity index is 1.66. The zero-order chi connectivity index (χ0) is 19.3. The van der Waals surface area contributed by atoms with Crippen molar-refractivity contribution in [2.24, 2.45) is 11.8 Å². The minimum absolute atomic E-state index is 0.236. The van der Waals surface area contributed by atoms with Crippen LogP contribution in [0.15, 0.2) is 78.9 Å². The van der Waals surface area contributed by atoms with Crippen LogP contribution < -0.4 is 10.6 Å². The third-order valence-corrected chi connectivity index (χ3v) is 5.81. The lowest BCUT2D eigenvalue weighted by Gasteiger charge is -2.39. The lowest BCUT2D eigenvalue weighted by atomic mass is 9.81. The van der Waals surface area contributed by atoms with Crippen LogP contribution in [0.3, 0.4) is 0 Å². The molecule has 0 unspecified atom stereocenters. The Kier molecular flexibility index (Phi) is 5.75. The van der Waals surface area contributed by atoms with E-state index in [0.29, 0.717) is 5.92 Å². The van der Waals surface area contributed by atoms with Crippen LogP contribution in [-0.4, -0.2) is 18.7 Å². The van der Waals surface area contributed by atoms with Gasteiger partial charge < -0.3 is 4.74 Å². The van der Waals surface area contributed by atoms with Crippen LogP contribution in [0.4, 0.5) is 0 Å². The van der Waals surface area contributed by atoms with Crippen LogP contribution in [0.25, 0.3) is 11.1 Å². The SMILES string of the molecule is COc1ccc(-c2ccccc2)cc1C[C@@H]1CCCN(N)[C@@H]1c1ccccc1. The summed E-state index contributed by atoms with van der Waals surface area (Å²) in [5.74, 6) is 7.87. The first kappa shape index (κ1) is 18.7. The van der Waals surface area contributed by atoms with Crippen molar-refractivity contribution in [2.45, 2.75) is 25.3 Å². The van der Waals surface area contributed by atoms with Crippen molar-refractivity contribution in [3.63, 3.8) is 0 Å². The van der Waals surface area contributed by atoms with Crippen LogP contribution >= 0.6 is 0 Å². The van der Waals surface area contributed by atoms with E-state index in [2.05, 4.69) is 78.9 Å². The number of methoxy groups -OCH3 is 1. The first-order chi connectivity index (χ1) is 13.8. The second kappa shape index (κ2) is 8.59. The van der Waals surface area contributed by atoms with Crippen LogP contribution in [0.2, 0.25) is 0 Å². The Labute approximate surface area is 167 Å². The molecule has 1 fully saturated rings. The maximum absolute atomic E-state index is 6.45. The zero-order valence-corrected chi connectivity index (χ0v) is 16.4. The van der Waals surface area contributed by atoms with E-state index < -0.39 is 0 Å². The molecule has 0 bridgehead atoms. The molecular formula is C25H28N2O. The summed E-state index contributed by atoms with van der Waals surface area (Å²) in [4.78, 5) is 0. The highest BCUT2D eigenvalue weighted by molar-refractivity contribution is 5.65. The van der Waals surface area contributed by atoms with E-state index in [-0.39, 0.29) is 6.04 Å². The van der Waals surface area contributed by atoms with Crippen molar-refractivity contribution < 1.29 is 4.74 Å². The molecular weight excluding hydrogens is 344 g/mol. The fourth-order valence-corrected chi connectivity index (χ4v) is 4.46. The first-order valence-electron chi connectivity index (χ1n) is 10.0. The Hall–Kier alpha value is -2.62. The number of rotatable bonds is 5. The number of benzene rings is 3. The van der Waals surface area contributed by atoms with Gasteiger partial charge in [-0.05, 0) is 59.6 Å². The highest BCUT2D eigenvalue weighted by Gasteiger charge is 2.31. The van der Waals surface area contributed by atoms with E-state index in [9.17, 15) is 0 Å². The molecule has 0 radical (unpaired) electrons. The summed E-state index contributed by atoms with van der Waals surface area (Å²) in [7, 11) is 1.76. The third kappa shape index (κ3) is 3.96. The molecule has 144 valence electrons. The van der Waals surface area contributed by atoms with Gasteiger partial charge in [-0.1, -0.05) is 66.7 Å². The van der Waals surface area contributed by atoms with Crippen molar-refractivity contribution in [1.29, 1.82) is 0 Å². The van der Waals surface area contributed by atoms with Gasteiger partial charge >= 0.3 is 0 Å². The van der Waals surface area contributed by atoms with Crippen LogP contribution in [0.1, 0.15) is 30.0 Å². The molecule has 0 spiro atoms. The van der Waals surface area contributed by atoms with Gasteiger partial charge in [-0.3, -0.25) is 5.84 Å². The van der Waals surface area contributed by atoms with Crippen LogP contribution in [0, 0.1) is 5.92 Å². The van der Waals surface area contributed by atoms with Gasteiger partial charge in [0.25, 0.3) is 0 Å². The van der Waals surface area contributed by atoms with Gasteiger partial charge in [-0.25, -0.2) is 5.01 Å². The predicted molar refractivity (Wildman–Crippen MR) is 115 cm³/mol.